The average molecular weight is 718 g/mol. The number of carbonyl (C=O) groups is 1. The second-order valence-electron chi connectivity index (χ2n) is 13.5. The normalized spacial score (nSPS) is 19.6. The third kappa shape index (κ3) is 9.00. The Morgan fingerprint density at radius 2 is 1.72 bits per heavy atom. The van der Waals surface area contributed by atoms with Gasteiger partial charge in [0, 0.05) is 49.0 Å². The Morgan fingerprint density at radius 3 is 2.34 bits per heavy atom. The highest BCUT2D eigenvalue weighted by Gasteiger charge is 2.63. The summed E-state index contributed by atoms with van der Waals surface area (Å²) in [6, 6.07) is 12.6. The van der Waals surface area contributed by atoms with Gasteiger partial charge in [0.25, 0.3) is 10.0 Å². The van der Waals surface area contributed by atoms with Crippen LogP contribution in [0.2, 0.25) is 0 Å². The van der Waals surface area contributed by atoms with Gasteiger partial charge in [0.05, 0.1) is 22.6 Å². The number of aldehydes is 1. The second kappa shape index (κ2) is 15.7. The molecule has 5 rings (SSSR count). The van der Waals surface area contributed by atoms with Gasteiger partial charge in [0.2, 0.25) is 11.8 Å². The molecule has 3 aromatic rings. The number of hydrogen-bond acceptors (Lipinski definition) is 9. The van der Waals surface area contributed by atoms with Crippen molar-refractivity contribution in [1.29, 1.82) is 0 Å². The standard InChI is InChI=1S/C36H46F3N5O5S/c1-24-7-5-8-25(2)33(24)31-20-32(42-34(41-31)43-50(46,47)30-10-6-9-26(19-30)22-45)49-23-29(21-35(15-16-35)36(37,38)39)44(3)28-13-11-27(12-14-28)40-17-18-48-4/h5-10,19-20,22,27-29,40H,11-18,21,23H2,1-4H3,(H,41,42,43)/t27-,28-,29-/m1/s1. The molecule has 0 spiro atoms. The molecule has 10 nitrogen and oxygen atoms in total. The zero-order chi connectivity index (χ0) is 36.1. The van der Waals surface area contributed by atoms with Crippen LogP contribution in [0, 0.1) is 19.3 Å². The molecule has 0 amide bonds. The largest absolute Gasteiger partial charge is 0.476 e. The fourth-order valence-electron chi connectivity index (χ4n) is 6.88. The third-order valence-electron chi connectivity index (χ3n) is 10.1. The van der Waals surface area contributed by atoms with Gasteiger partial charge in [0.15, 0.2) is 0 Å². The molecule has 2 saturated carbocycles. The SMILES string of the molecule is COCCN[C@H]1CC[C@H](N(C)[C@@H](COc2cc(-c3c(C)cccc3C)nc(NS(=O)(=O)c3cccc(C=O)c3)n2)CC2(C(F)(F)F)CC2)CC1. The van der Waals surface area contributed by atoms with Crippen LogP contribution >= 0.6 is 0 Å². The van der Waals surface area contributed by atoms with E-state index in [-0.39, 0.29) is 54.2 Å². The fourth-order valence-corrected chi connectivity index (χ4v) is 7.88. The van der Waals surface area contributed by atoms with E-state index < -0.39 is 27.7 Å². The number of nitrogens with zero attached hydrogens (tertiary/aromatic N) is 3. The molecule has 1 atom stereocenters. The van der Waals surface area contributed by atoms with E-state index in [2.05, 4.69) is 20.0 Å². The lowest BCUT2D eigenvalue weighted by molar-refractivity contribution is -0.193. The molecule has 2 aliphatic rings. The number of carbonyl (C=O) groups excluding carboxylic acids is 1. The summed E-state index contributed by atoms with van der Waals surface area (Å²) in [4.78, 5) is 22.1. The Balaban J connectivity index is 1.42. The number of alkyl halides is 3. The fraction of sp³-hybridized carbons (Fsp3) is 0.528. The Kier molecular flexibility index (Phi) is 11.9. The molecular weight excluding hydrogens is 671 g/mol. The van der Waals surface area contributed by atoms with Gasteiger partial charge >= 0.3 is 6.18 Å². The zero-order valence-corrected chi connectivity index (χ0v) is 29.7. The smallest absolute Gasteiger partial charge is 0.394 e. The molecule has 2 N–H and O–H groups in total. The van der Waals surface area contributed by atoms with E-state index in [4.69, 9.17) is 9.47 Å². The predicted octanol–water partition coefficient (Wildman–Crippen LogP) is 6.33. The molecule has 272 valence electrons. The summed E-state index contributed by atoms with van der Waals surface area (Å²) in [7, 11) is -0.689. The van der Waals surface area contributed by atoms with Gasteiger partial charge in [0.1, 0.15) is 12.9 Å². The Hall–Kier alpha value is -3.59. The van der Waals surface area contributed by atoms with Gasteiger partial charge in [-0.05, 0) is 89.1 Å². The van der Waals surface area contributed by atoms with E-state index in [0.717, 1.165) is 48.9 Å². The lowest BCUT2D eigenvalue weighted by Gasteiger charge is -2.40. The van der Waals surface area contributed by atoms with Gasteiger partial charge < -0.3 is 14.8 Å². The first-order valence-corrected chi connectivity index (χ1v) is 18.4. The minimum atomic E-state index is -4.33. The van der Waals surface area contributed by atoms with Crippen LogP contribution in [-0.4, -0.2) is 87.8 Å². The summed E-state index contributed by atoms with van der Waals surface area (Å²) in [5.74, 6) is -0.242. The summed E-state index contributed by atoms with van der Waals surface area (Å²) in [5, 5.41) is 3.49. The molecule has 2 aliphatic carbocycles. The molecule has 50 heavy (non-hydrogen) atoms. The van der Waals surface area contributed by atoms with Crippen molar-refractivity contribution in [2.45, 2.75) is 88.0 Å². The van der Waals surface area contributed by atoms with Gasteiger partial charge in [-0.3, -0.25) is 9.69 Å². The van der Waals surface area contributed by atoms with Crippen LogP contribution in [0.1, 0.15) is 66.4 Å². The maximum absolute atomic E-state index is 14.3. The van der Waals surface area contributed by atoms with Crippen LogP contribution in [0.4, 0.5) is 19.1 Å². The number of benzene rings is 2. The van der Waals surface area contributed by atoms with Crippen LogP contribution < -0.4 is 14.8 Å². The van der Waals surface area contributed by atoms with Crippen molar-refractivity contribution in [2.75, 3.05) is 38.6 Å². The average Bonchev–Trinajstić information content (AvgIpc) is 3.88. The summed E-state index contributed by atoms with van der Waals surface area (Å²) in [6.07, 6.45) is -0.256. The van der Waals surface area contributed by atoms with Crippen molar-refractivity contribution in [3.63, 3.8) is 0 Å². The number of aryl methyl sites for hydroxylation is 2. The number of likely N-dealkylation sites (N-methyl/N-ethyl adjacent to an activating group) is 1. The molecule has 1 aromatic heterocycles. The van der Waals surface area contributed by atoms with Crippen LogP contribution in [-0.2, 0) is 14.8 Å². The predicted molar refractivity (Wildman–Crippen MR) is 185 cm³/mol. The topological polar surface area (TPSA) is 123 Å². The monoisotopic (exact) mass is 717 g/mol. The number of nitrogens with one attached hydrogen (secondary N) is 2. The molecule has 0 aliphatic heterocycles. The van der Waals surface area contributed by atoms with Crippen molar-refractivity contribution in [1.82, 2.24) is 20.2 Å². The molecule has 1 heterocycles. The number of aromatic nitrogens is 2. The summed E-state index contributed by atoms with van der Waals surface area (Å²) >= 11 is 0. The second-order valence-corrected chi connectivity index (χ2v) is 15.2. The molecule has 0 unspecified atom stereocenters. The highest BCUT2D eigenvalue weighted by Crippen LogP contribution is 2.61. The van der Waals surface area contributed by atoms with Gasteiger partial charge in [-0.2, -0.15) is 18.2 Å². The number of ether oxygens (including phenoxy) is 2. The molecule has 0 radical (unpaired) electrons. The lowest BCUT2D eigenvalue weighted by Crippen LogP contribution is -2.49. The number of hydrogen-bond donors (Lipinski definition) is 2. The van der Waals surface area contributed by atoms with Crippen molar-refractivity contribution in [3.05, 3.63) is 65.2 Å². The molecule has 0 saturated heterocycles. The minimum absolute atomic E-state index is 0.0262. The Bertz CT molecular complexity index is 1720. The van der Waals surface area contributed by atoms with Crippen molar-refractivity contribution in [2.24, 2.45) is 5.41 Å². The van der Waals surface area contributed by atoms with E-state index in [9.17, 15) is 26.4 Å². The first-order valence-electron chi connectivity index (χ1n) is 16.9. The number of halogens is 3. The summed E-state index contributed by atoms with van der Waals surface area (Å²) in [5.41, 5.74) is 1.34. The van der Waals surface area contributed by atoms with Gasteiger partial charge in [-0.25, -0.2) is 18.1 Å². The molecule has 0 bridgehead atoms. The molecular formula is C36H46F3N5O5S. The highest BCUT2D eigenvalue weighted by atomic mass is 32.2. The van der Waals surface area contributed by atoms with Crippen LogP contribution in [0.5, 0.6) is 5.88 Å². The first-order chi connectivity index (χ1) is 23.7. The Morgan fingerprint density at radius 1 is 1.04 bits per heavy atom. The van der Waals surface area contributed by atoms with E-state index >= 15 is 0 Å². The van der Waals surface area contributed by atoms with Gasteiger partial charge in [-0.15, -0.1) is 0 Å². The van der Waals surface area contributed by atoms with E-state index in [1.165, 1.54) is 24.3 Å². The molecule has 14 heteroatoms. The van der Waals surface area contributed by atoms with E-state index in [1.54, 1.807) is 13.2 Å². The first kappa shape index (κ1) is 37.7. The van der Waals surface area contributed by atoms with E-state index in [0.29, 0.717) is 24.6 Å². The van der Waals surface area contributed by atoms with Crippen molar-refractivity contribution < 1.29 is 35.9 Å². The van der Waals surface area contributed by atoms with Gasteiger partial charge in [-0.1, -0.05) is 30.3 Å². The van der Waals surface area contributed by atoms with Crippen molar-refractivity contribution in [3.8, 4) is 17.1 Å². The Labute approximate surface area is 292 Å². The number of sulfonamides is 1. The third-order valence-corrected chi connectivity index (χ3v) is 11.4. The molecule has 2 fully saturated rings. The number of anilines is 1. The minimum Gasteiger partial charge on any atom is -0.476 e. The maximum Gasteiger partial charge on any atom is 0.394 e. The van der Waals surface area contributed by atoms with Crippen LogP contribution in [0.3, 0.4) is 0 Å². The quantitative estimate of drug-likeness (QED) is 0.129. The summed E-state index contributed by atoms with van der Waals surface area (Å²) in [6.45, 7) is 5.08. The van der Waals surface area contributed by atoms with Crippen LogP contribution in [0.25, 0.3) is 11.3 Å². The highest BCUT2D eigenvalue weighted by molar-refractivity contribution is 7.92. The van der Waals surface area contributed by atoms with Crippen LogP contribution in [0.15, 0.2) is 53.4 Å². The van der Waals surface area contributed by atoms with E-state index in [1.807, 2.05) is 44.0 Å². The maximum atomic E-state index is 14.3. The molecule has 2 aromatic carbocycles. The number of rotatable bonds is 16. The number of methoxy groups -OCH3 is 1. The summed E-state index contributed by atoms with van der Waals surface area (Å²) < 4.78 is 83.3. The van der Waals surface area contributed by atoms with Crippen molar-refractivity contribution >= 4 is 22.3 Å². The lowest BCUT2D eigenvalue weighted by atomic mass is 9.88. The zero-order valence-electron chi connectivity index (χ0n) is 28.9.